The summed E-state index contributed by atoms with van der Waals surface area (Å²) in [6, 6.07) is 19.0. The molecule has 3 saturated heterocycles. The highest BCUT2D eigenvalue weighted by Crippen LogP contribution is 2.28. The van der Waals surface area contributed by atoms with Crippen molar-refractivity contribution in [1.82, 2.24) is 40.3 Å². The number of halogens is 1. The van der Waals surface area contributed by atoms with Crippen molar-refractivity contribution < 1.29 is 18.8 Å². The molecular formula is C45H59FN10O4. The summed E-state index contributed by atoms with van der Waals surface area (Å²) in [5.74, 6) is -0.698. The van der Waals surface area contributed by atoms with Crippen LogP contribution in [0.4, 0.5) is 15.8 Å². The van der Waals surface area contributed by atoms with Crippen molar-refractivity contribution in [3.63, 3.8) is 0 Å². The average molecular weight is 823 g/mol. The van der Waals surface area contributed by atoms with Gasteiger partial charge in [0.1, 0.15) is 17.4 Å². The fraction of sp³-hybridized carbons (Fsp3) is 0.511. The Kier molecular flexibility index (Phi) is 14.2. The molecule has 3 N–H and O–H groups in total. The van der Waals surface area contributed by atoms with Crippen molar-refractivity contribution in [1.29, 1.82) is 0 Å². The first kappa shape index (κ1) is 42.9. The van der Waals surface area contributed by atoms with Crippen molar-refractivity contribution in [2.75, 3.05) is 83.2 Å². The number of carbonyl (C=O) groups excluding carboxylic acids is 3. The minimum absolute atomic E-state index is 0.0530. The molecule has 7 rings (SSSR count). The summed E-state index contributed by atoms with van der Waals surface area (Å²) in [5, 5.41) is 16.5. The van der Waals surface area contributed by atoms with Crippen LogP contribution in [0.25, 0.3) is 10.9 Å². The molecule has 0 spiro atoms. The molecular weight excluding hydrogens is 764 g/mol. The number of hydrogen-bond donors (Lipinski definition) is 3. The van der Waals surface area contributed by atoms with E-state index < -0.39 is 17.5 Å². The molecule has 0 bridgehead atoms. The standard InChI is InChI=1S/C45H59FN10O4/c1-31-9-8-10-38(46)37(31)29-54-28-33(41(30-54)52(2)3)25-32-11-14-35(15-12-32)55-23-21-53(22-24-55)20-7-5-4-6-19-47-43(58)27-48-34-13-16-39-36(26-34)45(60)56(51-50-39)40-17-18-42(57)49-44(40)59/h8-16,26,33,40-41,48H,4-7,17-25,27-30H2,1-3H3,(H,47,58)(H,49,57,59)/t33?,40?,41-/m0/s1. The van der Waals surface area contributed by atoms with Gasteiger partial charge in [-0.15, -0.1) is 5.10 Å². The van der Waals surface area contributed by atoms with E-state index in [1.807, 2.05) is 13.0 Å². The number of fused-ring (bicyclic) bond motifs is 1. The van der Waals surface area contributed by atoms with Gasteiger partial charge in [-0.05, 0) is 107 Å². The molecule has 3 aliphatic rings. The lowest BCUT2D eigenvalue weighted by molar-refractivity contribution is -0.136. The summed E-state index contributed by atoms with van der Waals surface area (Å²) >= 11 is 0. The molecule has 4 heterocycles. The lowest BCUT2D eigenvalue weighted by atomic mass is 9.94. The summed E-state index contributed by atoms with van der Waals surface area (Å²) in [6.07, 6.45) is 5.52. The van der Waals surface area contributed by atoms with Gasteiger partial charge in [-0.25, -0.2) is 4.39 Å². The van der Waals surface area contributed by atoms with E-state index in [-0.39, 0.29) is 42.4 Å². The van der Waals surface area contributed by atoms with Crippen LogP contribution < -0.4 is 26.4 Å². The first-order chi connectivity index (χ1) is 29.0. The Morgan fingerprint density at radius 2 is 1.72 bits per heavy atom. The molecule has 14 nitrogen and oxygen atoms in total. The first-order valence-electron chi connectivity index (χ1n) is 21.4. The fourth-order valence-electron chi connectivity index (χ4n) is 8.89. The van der Waals surface area contributed by atoms with Crippen LogP contribution in [0, 0.1) is 18.7 Å². The Hall–Kier alpha value is -5.25. The smallest absolute Gasteiger partial charge is 0.278 e. The Morgan fingerprint density at radius 1 is 0.933 bits per heavy atom. The zero-order chi connectivity index (χ0) is 42.2. The molecule has 4 aromatic rings. The van der Waals surface area contributed by atoms with Gasteiger partial charge in [0.2, 0.25) is 11.8 Å². The van der Waals surface area contributed by atoms with E-state index in [0.29, 0.717) is 36.3 Å². The average Bonchev–Trinajstić information content (AvgIpc) is 3.64. The summed E-state index contributed by atoms with van der Waals surface area (Å²) < 4.78 is 15.6. The minimum Gasteiger partial charge on any atom is -0.376 e. The Morgan fingerprint density at radius 3 is 2.47 bits per heavy atom. The van der Waals surface area contributed by atoms with Crippen molar-refractivity contribution in [2.24, 2.45) is 5.92 Å². The number of likely N-dealkylation sites (tertiary alicyclic amines) is 1. The van der Waals surface area contributed by atoms with E-state index >= 15 is 0 Å². The van der Waals surface area contributed by atoms with Gasteiger partial charge in [0, 0.05) is 81.8 Å². The number of hydrogen-bond acceptors (Lipinski definition) is 11. The van der Waals surface area contributed by atoms with Crippen LogP contribution in [0.2, 0.25) is 0 Å². The second kappa shape index (κ2) is 19.9. The number of imide groups is 1. The van der Waals surface area contributed by atoms with Gasteiger partial charge in [0.25, 0.3) is 11.5 Å². The number of likely N-dealkylation sites (N-methyl/N-ethyl adjacent to an activating group) is 1. The molecule has 0 saturated carbocycles. The Bertz CT molecular complexity index is 2170. The van der Waals surface area contributed by atoms with E-state index in [1.54, 1.807) is 30.3 Å². The molecule has 3 amide bonds. The van der Waals surface area contributed by atoms with E-state index in [2.05, 4.69) is 84.2 Å². The Labute approximate surface area is 351 Å². The van der Waals surface area contributed by atoms with Gasteiger partial charge in [-0.3, -0.25) is 34.3 Å². The van der Waals surface area contributed by atoms with Crippen LogP contribution in [0.5, 0.6) is 0 Å². The zero-order valence-corrected chi connectivity index (χ0v) is 35.2. The number of amides is 3. The SMILES string of the molecule is Cc1cccc(F)c1CN1CC(Cc2ccc(N3CCN(CCCCCCNC(=O)CNc4ccc5nnn(C6CCC(=O)NC6=O)c(=O)c5c4)CC3)cc2)[C@@H](N(C)C)C1. The number of aryl methyl sites for hydroxylation is 1. The van der Waals surface area contributed by atoms with Crippen molar-refractivity contribution in [3.05, 3.63) is 93.5 Å². The van der Waals surface area contributed by atoms with Crippen LogP contribution in [0.3, 0.4) is 0 Å². The number of carbonyl (C=O) groups is 3. The first-order valence-corrected chi connectivity index (χ1v) is 21.4. The van der Waals surface area contributed by atoms with Gasteiger partial charge in [0.15, 0.2) is 0 Å². The number of aromatic nitrogens is 3. The van der Waals surface area contributed by atoms with Crippen LogP contribution in [-0.2, 0) is 27.3 Å². The predicted octanol–water partition coefficient (Wildman–Crippen LogP) is 3.73. The van der Waals surface area contributed by atoms with E-state index in [9.17, 15) is 23.6 Å². The molecule has 3 atom stereocenters. The summed E-state index contributed by atoms with van der Waals surface area (Å²) in [4.78, 5) is 59.3. The number of anilines is 2. The summed E-state index contributed by atoms with van der Waals surface area (Å²) in [7, 11) is 4.32. The molecule has 3 aromatic carbocycles. The molecule has 320 valence electrons. The van der Waals surface area contributed by atoms with Gasteiger partial charge in [0.05, 0.1) is 11.9 Å². The number of nitrogens with one attached hydrogen (secondary N) is 3. The highest BCUT2D eigenvalue weighted by Gasteiger charge is 2.35. The maximum atomic E-state index is 14.6. The van der Waals surface area contributed by atoms with E-state index in [1.165, 1.54) is 11.3 Å². The summed E-state index contributed by atoms with van der Waals surface area (Å²) in [6.45, 7) is 10.4. The molecule has 60 heavy (non-hydrogen) atoms. The molecule has 1 aromatic heterocycles. The lowest BCUT2D eigenvalue weighted by Crippen LogP contribution is -2.46. The fourth-order valence-corrected chi connectivity index (χ4v) is 8.89. The van der Waals surface area contributed by atoms with Crippen LogP contribution in [0.15, 0.2) is 65.5 Å². The number of unbranched alkanes of at least 4 members (excludes halogenated alkanes) is 3. The van der Waals surface area contributed by atoms with Crippen LogP contribution in [-0.4, -0.2) is 126 Å². The number of piperazine rings is 1. The lowest BCUT2D eigenvalue weighted by Gasteiger charge is -2.36. The summed E-state index contributed by atoms with van der Waals surface area (Å²) in [5.41, 5.74) is 4.94. The third-order valence-corrected chi connectivity index (χ3v) is 12.4. The molecule has 3 aliphatic heterocycles. The molecule has 2 unspecified atom stereocenters. The maximum absolute atomic E-state index is 14.6. The molecule has 15 heteroatoms. The Balaban J connectivity index is 0.761. The van der Waals surface area contributed by atoms with Crippen molar-refractivity contribution >= 4 is 40.0 Å². The van der Waals surface area contributed by atoms with Gasteiger partial charge < -0.3 is 20.4 Å². The van der Waals surface area contributed by atoms with Crippen LogP contribution in [0.1, 0.15) is 61.3 Å². The third-order valence-electron chi connectivity index (χ3n) is 12.4. The number of rotatable bonds is 17. The second-order valence-corrected chi connectivity index (χ2v) is 16.9. The molecule has 0 radical (unpaired) electrons. The number of piperidine rings is 1. The quantitative estimate of drug-likeness (QED) is 0.106. The van der Waals surface area contributed by atoms with Gasteiger partial charge in [-0.1, -0.05) is 42.3 Å². The normalized spacial score (nSPS) is 20.2. The number of nitrogens with zero attached hydrogens (tertiary/aromatic N) is 7. The third kappa shape index (κ3) is 10.7. The van der Waals surface area contributed by atoms with E-state index in [4.69, 9.17) is 0 Å². The van der Waals surface area contributed by atoms with Gasteiger partial charge >= 0.3 is 0 Å². The monoisotopic (exact) mass is 822 g/mol. The molecule has 0 aliphatic carbocycles. The predicted molar refractivity (Wildman–Crippen MR) is 231 cm³/mol. The topological polar surface area (TPSA) is 148 Å². The zero-order valence-electron chi connectivity index (χ0n) is 35.2. The largest absolute Gasteiger partial charge is 0.376 e. The highest BCUT2D eigenvalue weighted by molar-refractivity contribution is 5.99. The van der Waals surface area contributed by atoms with E-state index in [0.717, 1.165) is 93.7 Å². The number of benzene rings is 3. The maximum Gasteiger partial charge on any atom is 0.278 e. The minimum atomic E-state index is -0.898. The highest BCUT2D eigenvalue weighted by atomic mass is 19.1. The second-order valence-electron chi connectivity index (χ2n) is 16.9. The molecule has 3 fully saturated rings. The van der Waals surface area contributed by atoms with Gasteiger partial charge in [-0.2, -0.15) is 4.68 Å². The van der Waals surface area contributed by atoms with Crippen molar-refractivity contribution in [2.45, 2.75) is 70.5 Å². The van der Waals surface area contributed by atoms with Crippen LogP contribution >= 0.6 is 0 Å². The van der Waals surface area contributed by atoms with Crippen molar-refractivity contribution in [3.8, 4) is 0 Å².